The first-order chi connectivity index (χ1) is 9.91. The number of sulfonamides is 1. The van der Waals surface area contributed by atoms with Crippen molar-refractivity contribution in [2.24, 2.45) is 0 Å². The summed E-state index contributed by atoms with van der Waals surface area (Å²) in [6.07, 6.45) is 0. The number of aliphatic hydroxyl groups is 1. The summed E-state index contributed by atoms with van der Waals surface area (Å²) in [6.45, 7) is -0.0687. The highest BCUT2D eigenvalue weighted by molar-refractivity contribution is 9.10. The van der Waals surface area contributed by atoms with E-state index in [-0.39, 0.29) is 12.4 Å². The SMILES string of the molecule is O=S(=O)(Cc1ccc(CO)cc1)Nc1cccc(Cl)c1Br. The zero-order valence-electron chi connectivity index (χ0n) is 10.9. The number of anilines is 1. The van der Waals surface area contributed by atoms with Crippen LogP contribution in [0.5, 0.6) is 0 Å². The average molecular weight is 391 g/mol. The first-order valence-corrected chi connectivity index (χ1v) is 8.87. The Morgan fingerprint density at radius 1 is 1.10 bits per heavy atom. The lowest BCUT2D eigenvalue weighted by molar-refractivity contribution is 0.282. The minimum absolute atomic E-state index is 0.0687. The van der Waals surface area contributed by atoms with Crippen LogP contribution in [-0.4, -0.2) is 13.5 Å². The van der Waals surface area contributed by atoms with E-state index < -0.39 is 10.0 Å². The number of rotatable bonds is 5. The number of halogens is 2. The van der Waals surface area contributed by atoms with Crippen LogP contribution in [0.25, 0.3) is 0 Å². The monoisotopic (exact) mass is 389 g/mol. The summed E-state index contributed by atoms with van der Waals surface area (Å²) in [5.41, 5.74) is 1.77. The maximum atomic E-state index is 12.2. The van der Waals surface area contributed by atoms with Crippen LogP contribution in [-0.2, 0) is 22.4 Å². The van der Waals surface area contributed by atoms with Crippen LogP contribution in [0.4, 0.5) is 5.69 Å². The summed E-state index contributed by atoms with van der Waals surface area (Å²) in [6, 6.07) is 11.7. The molecule has 2 rings (SSSR count). The number of nitrogens with one attached hydrogen (secondary N) is 1. The summed E-state index contributed by atoms with van der Waals surface area (Å²) in [5, 5.41) is 9.40. The van der Waals surface area contributed by atoms with Gasteiger partial charge in [-0.1, -0.05) is 41.9 Å². The van der Waals surface area contributed by atoms with Crippen LogP contribution in [0, 0.1) is 0 Å². The van der Waals surface area contributed by atoms with Crippen molar-refractivity contribution in [2.75, 3.05) is 4.72 Å². The van der Waals surface area contributed by atoms with E-state index in [1.54, 1.807) is 42.5 Å². The Hall–Kier alpha value is -1.08. The van der Waals surface area contributed by atoms with Crippen molar-refractivity contribution in [3.63, 3.8) is 0 Å². The van der Waals surface area contributed by atoms with Crippen LogP contribution >= 0.6 is 27.5 Å². The molecule has 0 aliphatic rings. The van der Waals surface area contributed by atoms with Crippen molar-refractivity contribution in [2.45, 2.75) is 12.4 Å². The molecule has 0 aliphatic heterocycles. The standard InChI is InChI=1S/C14H13BrClNO3S/c15-14-12(16)2-1-3-13(14)17-21(19,20)9-11-6-4-10(8-18)5-7-11/h1-7,17-18H,8-9H2. The van der Waals surface area contributed by atoms with Gasteiger partial charge in [-0.05, 0) is 39.2 Å². The molecule has 4 nitrogen and oxygen atoms in total. The van der Waals surface area contributed by atoms with Crippen LogP contribution in [0.3, 0.4) is 0 Å². The molecule has 2 aromatic rings. The van der Waals surface area contributed by atoms with E-state index in [1.165, 1.54) is 0 Å². The predicted molar refractivity (Wildman–Crippen MR) is 87.8 cm³/mol. The second kappa shape index (κ2) is 6.79. The summed E-state index contributed by atoms with van der Waals surface area (Å²) < 4.78 is 27.3. The van der Waals surface area contributed by atoms with Crippen molar-refractivity contribution < 1.29 is 13.5 Å². The van der Waals surface area contributed by atoms with E-state index >= 15 is 0 Å². The third-order valence-corrected chi connectivity index (χ3v) is 5.42. The maximum absolute atomic E-state index is 12.2. The van der Waals surface area contributed by atoms with Gasteiger partial charge in [-0.25, -0.2) is 8.42 Å². The Morgan fingerprint density at radius 2 is 1.71 bits per heavy atom. The van der Waals surface area contributed by atoms with Crippen molar-refractivity contribution in [1.82, 2.24) is 0 Å². The first-order valence-electron chi connectivity index (χ1n) is 6.04. The highest BCUT2D eigenvalue weighted by Gasteiger charge is 2.14. The second-order valence-electron chi connectivity index (χ2n) is 4.44. The van der Waals surface area contributed by atoms with Gasteiger partial charge < -0.3 is 5.11 Å². The lowest BCUT2D eigenvalue weighted by atomic mass is 10.2. The highest BCUT2D eigenvalue weighted by atomic mass is 79.9. The Balaban J connectivity index is 2.16. The van der Waals surface area contributed by atoms with E-state index in [0.717, 1.165) is 5.56 Å². The fourth-order valence-corrected chi connectivity index (χ4v) is 3.62. The Labute approximate surface area is 136 Å². The van der Waals surface area contributed by atoms with Gasteiger partial charge in [0.1, 0.15) is 0 Å². The summed E-state index contributed by atoms with van der Waals surface area (Å²) in [5.74, 6) is -0.155. The van der Waals surface area contributed by atoms with Gasteiger partial charge in [-0.15, -0.1) is 0 Å². The van der Waals surface area contributed by atoms with Gasteiger partial charge >= 0.3 is 0 Å². The Kier molecular flexibility index (Phi) is 5.27. The molecule has 2 aromatic carbocycles. The van der Waals surface area contributed by atoms with Crippen molar-refractivity contribution in [3.05, 3.63) is 63.1 Å². The maximum Gasteiger partial charge on any atom is 0.236 e. The second-order valence-corrected chi connectivity index (χ2v) is 7.36. The molecule has 0 saturated carbocycles. The van der Waals surface area contributed by atoms with Gasteiger partial charge in [-0.3, -0.25) is 4.72 Å². The van der Waals surface area contributed by atoms with Gasteiger partial charge in [0.25, 0.3) is 0 Å². The molecule has 112 valence electrons. The van der Waals surface area contributed by atoms with E-state index in [1.807, 2.05) is 0 Å². The molecule has 2 N–H and O–H groups in total. The first kappa shape index (κ1) is 16.3. The number of hydrogen-bond acceptors (Lipinski definition) is 3. The molecular weight excluding hydrogens is 378 g/mol. The van der Waals surface area contributed by atoms with Gasteiger partial charge in [0.05, 0.1) is 27.5 Å². The summed E-state index contributed by atoms with van der Waals surface area (Å²) in [7, 11) is -3.55. The fraction of sp³-hybridized carbons (Fsp3) is 0.143. The molecule has 0 saturated heterocycles. The van der Waals surface area contributed by atoms with Gasteiger partial charge in [0.2, 0.25) is 10.0 Å². The molecule has 7 heteroatoms. The average Bonchev–Trinajstić information content (AvgIpc) is 2.44. The predicted octanol–water partition coefficient (Wildman–Crippen LogP) is 3.54. The largest absolute Gasteiger partial charge is 0.392 e. The minimum atomic E-state index is -3.55. The molecule has 21 heavy (non-hydrogen) atoms. The summed E-state index contributed by atoms with van der Waals surface area (Å²) >= 11 is 9.18. The van der Waals surface area contributed by atoms with Gasteiger partial charge in [-0.2, -0.15) is 0 Å². The van der Waals surface area contributed by atoms with Crippen molar-refractivity contribution in [1.29, 1.82) is 0 Å². The molecular formula is C14H13BrClNO3S. The minimum Gasteiger partial charge on any atom is -0.392 e. The summed E-state index contributed by atoms with van der Waals surface area (Å²) in [4.78, 5) is 0. The van der Waals surface area contributed by atoms with Crippen LogP contribution < -0.4 is 4.72 Å². The lowest BCUT2D eigenvalue weighted by Gasteiger charge is -2.10. The number of benzene rings is 2. The van der Waals surface area contributed by atoms with Crippen LogP contribution in [0.2, 0.25) is 5.02 Å². The van der Waals surface area contributed by atoms with Crippen molar-refractivity contribution >= 4 is 43.2 Å². The molecule has 0 bridgehead atoms. The normalized spacial score (nSPS) is 11.4. The molecule has 0 unspecified atom stereocenters. The number of aliphatic hydroxyl groups excluding tert-OH is 1. The molecule has 0 aliphatic carbocycles. The van der Waals surface area contributed by atoms with Gasteiger partial charge in [0.15, 0.2) is 0 Å². The topological polar surface area (TPSA) is 66.4 Å². The zero-order chi connectivity index (χ0) is 15.5. The van der Waals surface area contributed by atoms with Crippen LogP contribution in [0.15, 0.2) is 46.9 Å². The lowest BCUT2D eigenvalue weighted by Crippen LogP contribution is -2.15. The van der Waals surface area contributed by atoms with Crippen LogP contribution in [0.1, 0.15) is 11.1 Å². The van der Waals surface area contributed by atoms with E-state index in [2.05, 4.69) is 20.7 Å². The Morgan fingerprint density at radius 3 is 2.33 bits per heavy atom. The molecule has 0 radical (unpaired) electrons. The third-order valence-electron chi connectivity index (χ3n) is 2.78. The van der Waals surface area contributed by atoms with Gasteiger partial charge in [0, 0.05) is 0 Å². The zero-order valence-corrected chi connectivity index (χ0v) is 14.0. The molecule has 0 atom stereocenters. The number of hydrogen-bond donors (Lipinski definition) is 2. The Bertz CT molecular complexity index is 732. The molecule has 0 spiro atoms. The molecule has 0 aromatic heterocycles. The van der Waals surface area contributed by atoms with Crippen molar-refractivity contribution in [3.8, 4) is 0 Å². The van der Waals surface area contributed by atoms with E-state index in [9.17, 15) is 8.42 Å². The molecule has 0 fully saturated rings. The molecule has 0 heterocycles. The smallest absolute Gasteiger partial charge is 0.236 e. The molecule has 0 amide bonds. The van der Waals surface area contributed by atoms with E-state index in [4.69, 9.17) is 16.7 Å². The van der Waals surface area contributed by atoms with E-state index in [0.29, 0.717) is 20.7 Å². The fourth-order valence-electron chi connectivity index (χ4n) is 1.75. The highest BCUT2D eigenvalue weighted by Crippen LogP contribution is 2.31. The third kappa shape index (κ3) is 4.44. The quantitative estimate of drug-likeness (QED) is 0.820.